The molecule has 2 aliphatic heterocycles. The molecular weight excluding hydrogens is 410 g/mol. The van der Waals surface area contributed by atoms with Crippen molar-refractivity contribution in [2.45, 2.75) is 50.9 Å². The molecule has 33 heavy (non-hydrogen) atoms. The van der Waals surface area contributed by atoms with Crippen LogP contribution in [0.4, 0.5) is 0 Å². The van der Waals surface area contributed by atoms with Crippen LogP contribution in [0.5, 0.6) is 5.75 Å². The SMILES string of the molecule is c1ccc(CCCCCOc2ccc3cc(CN4CCC5(CC4)OCCO5)ccc3c2)cc1. The molecule has 0 atom stereocenters. The number of rotatable bonds is 9. The van der Waals surface area contributed by atoms with E-state index >= 15 is 0 Å². The average Bonchev–Trinajstić information content (AvgIpc) is 3.31. The van der Waals surface area contributed by atoms with Gasteiger partial charge >= 0.3 is 0 Å². The van der Waals surface area contributed by atoms with E-state index in [0.717, 1.165) is 70.9 Å². The zero-order valence-electron chi connectivity index (χ0n) is 19.5. The summed E-state index contributed by atoms with van der Waals surface area (Å²) in [6.07, 6.45) is 6.59. The number of benzene rings is 3. The molecule has 0 unspecified atom stereocenters. The third-order valence-corrected chi connectivity index (χ3v) is 6.94. The van der Waals surface area contributed by atoms with E-state index in [2.05, 4.69) is 71.6 Å². The maximum absolute atomic E-state index is 6.03. The van der Waals surface area contributed by atoms with Crippen LogP contribution in [0.3, 0.4) is 0 Å². The molecule has 0 radical (unpaired) electrons. The zero-order chi connectivity index (χ0) is 22.3. The van der Waals surface area contributed by atoms with Crippen molar-refractivity contribution >= 4 is 10.8 Å². The zero-order valence-corrected chi connectivity index (χ0v) is 19.5. The third-order valence-electron chi connectivity index (χ3n) is 6.94. The maximum atomic E-state index is 6.03. The average molecular weight is 446 g/mol. The Morgan fingerprint density at radius 3 is 2.33 bits per heavy atom. The van der Waals surface area contributed by atoms with Crippen molar-refractivity contribution in [2.24, 2.45) is 0 Å². The predicted octanol–water partition coefficient (Wildman–Crippen LogP) is 5.97. The summed E-state index contributed by atoms with van der Waals surface area (Å²) in [5, 5.41) is 2.52. The lowest BCUT2D eigenvalue weighted by atomic mass is 10.0. The molecule has 174 valence electrons. The molecule has 1 spiro atoms. The summed E-state index contributed by atoms with van der Waals surface area (Å²) in [7, 11) is 0. The number of unbranched alkanes of at least 4 members (excludes halogenated alkanes) is 2. The van der Waals surface area contributed by atoms with Gasteiger partial charge in [-0.25, -0.2) is 0 Å². The lowest BCUT2D eigenvalue weighted by molar-refractivity contribution is -0.185. The molecule has 2 saturated heterocycles. The minimum absolute atomic E-state index is 0.293. The Morgan fingerprint density at radius 2 is 1.52 bits per heavy atom. The van der Waals surface area contributed by atoms with Gasteiger partial charge in [0.25, 0.3) is 0 Å². The number of likely N-dealkylation sites (tertiary alicyclic amines) is 1. The Kier molecular flexibility index (Phi) is 7.25. The Bertz CT molecular complexity index is 1020. The van der Waals surface area contributed by atoms with E-state index in [1.54, 1.807) is 0 Å². The molecule has 0 bridgehead atoms. The van der Waals surface area contributed by atoms with Crippen LogP contribution in [0.1, 0.15) is 43.2 Å². The van der Waals surface area contributed by atoms with Crippen molar-refractivity contribution < 1.29 is 14.2 Å². The van der Waals surface area contributed by atoms with Gasteiger partial charge in [-0.05, 0) is 65.8 Å². The smallest absolute Gasteiger partial charge is 0.170 e. The van der Waals surface area contributed by atoms with E-state index in [1.807, 2.05) is 0 Å². The Morgan fingerprint density at radius 1 is 0.758 bits per heavy atom. The largest absolute Gasteiger partial charge is 0.494 e. The number of fused-ring (bicyclic) bond motifs is 1. The molecule has 0 saturated carbocycles. The van der Waals surface area contributed by atoms with Crippen LogP contribution in [-0.2, 0) is 22.4 Å². The first-order valence-corrected chi connectivity index (χ1v) is 12.5. The van der Waals surface area contributed by atoms with Crippen LogP contribution < -0.4 is 4.74 Å². The lowest BCUT2D eigenvalue weighted by Gasteiger charge is -2.37. The molecule has 0 amide bonds. The molecule has 0 N–H and O–H groups in total. The van der Waals surface area contributed by atoms with Crippen LogP contribution in [0, 0.1) is 0 Å². The monoisotopic (exact) mass is 445 g/mol. The van der Waals surface area contributed by atoms with Gasteiger partial charge in [0.05, 0.1) is 19.8 Å². The number of aryl methyl sites for hydroxylation is 1. The van der Waals surface area contributed by atoms with Gasteiger partial charge in [0, 0.05) is 32.5 Å². The molecular formula is C29H35NO3. The van der Waals surface area contributed by atoms with Crippen molar-refractivity contribution in [2.75, 3.05) is 32.9 Å². The molecule has 4 nitrogen and oxygen atoms in total. The lowest BCUT2D eigenvalue weighted by Crippen LogP contribution is -2.44. The fourth-order valence-corrected chi connectivity index (χ4v) is 5.00. The summed E-state index contributed by atoms with van der Waals surface area (Å²) in [5.74, 6) is 0.675. The van der Waals surface area contributed by atoms with Gasteiger partial charge in [-0.2, -0.15) is 0 Å². The Balaban J connectivity index is 1.07. The van der Waals surface area contributed by atoms with E-state index in [4.69, 9.17) is 14.2 Å². The van der Waals surface area contributed by atoms with Gasteiger partial charge in [0.2, 0.25) is 0 Å². The van der Waals surface area contributed by atoms with Crippen molar-refractivity contribution in [3.8, 4) is 5.75 Å². The molecule has 3 aromatic carbocycles. The molecule has 0 aliphatic carbocycles. The van der Waals surface area contributed by atoms with E-state index in [0.29, 0.717) is 0 Å². The van der Waals surface area contributed by atoms with E-state index in [1.165, 1.54) is 34.7 Å². The van der Waals surface area contributed by atoms with E-state index < -0.39 is 0 Å². The fourth-order valence-electron chi connectivity index (χ4n) is 5.00. The van der Waals surface area contributed by atoms with Crippen LogP contribution in [0.25, 0.3) is 10.8 Å². The normalized spacial score (nSPS) is 18.2. The highest BCUT2D eigenvalue weighted by atomic mass is 16.7. The molecule has 5 rings (SSSR count). The Hall–Kier alpha value is -2.40. The van der Waals surface area contributed by atoms with Crippen LogP contribution in [0.2, 0.25) is 0 Å². The van der Waals surface area contributed by atoms with Gasteiger partial charge in [-0.1, -0.05) is 48.5 Å². The summed E-state index contributed by atoms with van der Waals surface area (Å²) in [6.45, 7) is 5.29. The molecule has 2 aliphatic rings. The first kappa shape index (κ1) is 22.4. The Labute approximate surface area is 197 Å². The van der Waals surface area contributed by atoms with Crippen molar-refractivity contribution in [3.05, 3.63) is 77.9 Å². The highest BCUT2D eigenvalue weighted by Gasteiger charge is 2.39. The van der Waals surface area contributed by atoms with E-state index in [-0.39, 0.29) is 5.79 Å². The minimum Gasteiger partial charge on any atom is -0.494 e. The second-order valence-electron chi connectivity index (χ2n) is 9.37. The minimum atomic E-state index is -0.293. The quantitative estimate of drug-likeness (QED) is 0.380. The second kappa shape index (κ2) is 10.7. The number of hydrogen-bond donors (Lipinski definition) is 0. The topological polar surface area (TPSA) is 30.9 Å². The van der Waals surface area contributed by atoms with Crippen molar-refractivity contribution in [3.63, 3.8) is 0 Å². The van der Waals surface area contributed by atoms with Gasteiger partial charge < -0.3 is 14.2 Å². The standard InChI is InChI=1S/C29H35NO3/c1-3-7-24(8-4-1)9-5-2-6-18-31-28-13-12-26-21-25(10-11-27(26)22-28)23-30-16-14-29(15-17-30)32-19-20-33-29/h1,3-4,7-8,10-13,21-22H,2,5-6,9,14-20,23H2. The van der Waals surface area contributed by atoms with Crippen molar-refractivity contribution in [1.29, 1.82) is 0 Å². The van der Waals surface area contributed by atoms with Gasteiger partial charge in [0.15, 0.2) is 5.79 Å². The molecule has 2 heterocycles. The molecule has 3 aromatic rings. The molecule has 2 fully saturated rings. The number of ether oxygens (including phenoxy) is 3. The van der Waals surface area contributed by atoms with Gasteiger partial charge in [-0.15, -0.1) is 0 Å². The fraction of sp³-hybridized carbons (Fsp3) is 0.448. The maximum Gasteiger partial charge on any atom is 0.170 e. The van der Waals surface area contributed by atoms with Crippen molar-refractivity contribution in [1.82, 2.24) is 4.90 Å². The number of hydrogen-bond acceptors (Lipinski definition) is 4. The summed E-state index contributed by atoms with van der Waals surface area (Å²) < 4.78 is 17.7. The van der Waals surface area contributed by atoms with E-state index in [9.17, 15) is 0 Å². The summed E-state index contributed by atoms with van der Waals surface area (Å²) in [6, 6.07) is 24.0. The summed E-state index contributed by atoms with van der Waals surface area (Å²) in [4.78, 5) is 2.51. The molecule has 0 aromatic heterocycles. The third kappa shape index (κ3) is 5.94. The first-order valence-electron chi connectivity index (χ1n) is 12.5. The summed E-state index contributed by atoms with van der Waals surface area (Å²) in [5.41, 5.74) is 2.78. The van der Waals surface area contributed by atoms with Gasteiger partial charge in [0.1, 0.15) is 5.75 Å². The molecule has 4 heteroatoms. The number of piperidine rings is 1. The summed E-state index contributed by atoms with van der Waals surface area (Å²) >= 11 is 0. The van der Waals surface area contributed by atoms with Crippen LogP contribution in [0.15, 0.2) is 66.7 Å². The first-order chi connectivity index (χ1) is 16.3. The van der Waals surface area contributed by atoms with Crippen LogP contribution >= 0.6 is 0 Å². The van der Waals surface area contributed by atoms with Crippen LogP contribution in [-0.4, -0.2) is 43.6 Å². The highest BCUT2D eigenvalue weighted by Crippen LogP contribution is 2.32. The highest BCUT2D eigenvalue weighted by molar-refractivity contribution is 5.84. The van der Waals surface area contributed by atoms with Gasteiger partial charge in [-0.3, -0.25) is 4.90 Å². The predicted molar refractivity (Wildman–Crippen MR) is 133 cm³/mol. The second-order valence-corrected chi connectivity index (χ2v) is 9.37. The number of nitrogens with zero attached hydrogens (tertiary/aromatic N) is 1.